The minimum atomic E-state index is -1.32. The van der Waals surface area contributed by atoms with Crippen LogP contribution in [0.25, 0.3) is 5.69 Å². The molecule has 0 spiro atoms. The van der Waals surface area contributed by atoms with Crippen molar-refractivity contribution < 1.29 is 23.1 Å². The molecule has 4 nitrogen and oxygen atoms in total. The number of carboxylic acids is 1. The Bertz CT molecular complexity index is 680. The van der Waals surface area contributed by atoms with Gasteiger partial charge in [-0.15, -0.1) is 0 Å². The Morgan fingerprint density at radius 2 is 1.80 bits per heavy atom. The zero-order valence-corrected chi connectivity index (χ0v) is 10.7. The Hall–Kier alpha value is -2.31. The second kappa shape index (κ2) is 4.99. The third-order valence-corrected chi connectivity index (χ3v) is 2.80. The van der Waals surface area contributed by atoms with Crippen molar-refractivity contribution in [1.29, 1.82) is 0 Å². The monoisotopic (exact) mass is 284 g/mol. The fourth-order valence-corrected chi connectivity index (χ4v) is 1.94. The lowest BCUT2D eigenvalue weighted by Crippen LogP contribution is -2.10. The van der Waals surface area contributed by atoms with Gasteiger partial charge in [0.1, 0.15) is 11.3 Å². The quantitative estimate of drug-likeness (QED) is 0.881. The molecule has 7 heteroatoms. The van der Waals surface area contributed by atoms with Crippen LogP contribution in [0.4, 0.5) is 13.2 Å². The fourth-order valence-electron chi connectivity index (χ4n) is 1.94. The van der Waals surface area contributed by atoms with Crippen molar-refractivity contribution >= 4 is 5.97 Å². The van der Waals surface area contributed by atoms with E-state index in [2.05, 4.69) is 5.10 Å². The molecule has 0 saturated heterocycles. The van der Waals surface area contributed by atoms with Gasteiger partial charge in [-0.3, -0.25) is 0 Å². The first-order chi connectivity index (χ1) is 9.32. The molecule has 2 rings (SSSR count). The van der Waals surface area contributed by atoms with E-state index in [4.69, 9.17) is 5.11 Å². The highest BCUT2D eigenvalue weighted by molar-refractivity contribution is 5.89. The van der Waals surface area contributed by atoms with E-state index in [0.29, 0.717) is 12.1 Å². The van der Waals surface area contributed by atoms with Crippen LogP contribution in [-0.4, -0.2) is 20.9 Å². The molecule has 2 aromatic rings. The molecule has 106 valence electrons. The van der Waals surface area contributed by atoms with Crippen LogP contribution < -0.4 is 0 Å². The fraction of sp³-hybridized carbons (Fsp3) is 0.231. The summed E-state index contributed by atoms with van der Waals surface area (Å²) in [7, 11) is 0. The number of benzene rings is 1. The molecular weight excluding hydrogens is 273 g/mol. The maximum Gasteiger partial charge on any atom is 0.339 e. The maximum atomic E-state index is 13.8. The maximum absolute atomic E-state index is 13.8. The molecule has 1 heterocycles. The highest BCUT2D eigenvalue weighted by Gasteiger charge is 2.22. The number of aromatic carboxylic acids is 1. The van der Waals surface area contributed by atoms with Crippen molar-refractivity contribution in [1.82, 2.24) is 9.78 Å². The van der Waals surface area contributed by atoms with E-state index < -0.39 is 23.4 Å². The van der Waals surface area contributed by atoms with Crippen LogP contribution in [0, 0.1) is 17.5 Å². The van der Waals surface area contributed by atoms with Gasteiger partial charge in [0.05, 0.1) is 11.9 Å². The number of aromatic nitrogens is 2. The smallest absolute Gasteiger partial charge is 0.339 e. The van der Waals surface area contributed by atoms with Gasteiger partial charge in [-0.2, -0.15) is 5.10 Å². The predicted molar refractivity (Wildman–Crippen MR) is 64.5 cm³/mol. The summed E-state index contributed by atoms with van der Waals surface area (Å²) in [6.07, 6.45) is 1.05. The van der Waals surface area contributed by atoms with Crippen LogP contribution in [0.3, 0.4) is 0 Å². The van der Waals surface area contributed by atoms with Gasteiger partial charge in [-0.05, 0) is 5.92 Å². The highest BCUT2D eigenvalue weighted by atomic mass is 19.2. The van der Waals surface area contributed by atoms with E-state index in [0.717, 1.165) is 10.9 Å². The first-order valence-corrected chi connectivity index (χ1v) is 5.79. The second-order valence-electron chi connectivity index (χ2n) is 4.53. The molecule has 20 heavy (non-hydrogen) atoms. The highest BCUT2D eigenvalue weighted by Crippen LogP contribution is 2.25. The van der Waals surface area contributed by atoms with Crippen molar-refractivity contribution in [3.8, 4) is 5.69 Å². The third-order valence-electron chi connectivity index (χ3n) is 2.80. The standard InChI is InChI=1S/C13H11F3N2O2/c1-6(2)12-7(13(19)20)5-17-18(12)11-4-9(15)8(14)3-10(11)16/h3-6H,1-2H3,(H,19,20). The molecular formula is C13H11F3N2O2. The van der Waals surface area contributed by atoms with Crippen LogP contribution >= 0.6 is 0 Å². The summed E-state index contributed by atoms with van der Waals surface area (Å²) >= 11 is 0. The van der Waals surface area contributed by atoms with Crippen LogP contribution in [0.2, 0.25) is 0 Å². The van der Waals surface area contributed by atoms with Crippen LogP contribution in [0.15, 0.2) is 18.3 Å². The topological polar surface area (TPSA) is 55.1 Å². The SMILES string of the molecule is CC(C)c1c(C(=O)O)cnn1-c1cc(F)c(F)cc1F. The minimum Gasteiger partial charge on any atom is -0.478 e. The average Bonchev–Trinajstić information content (AvgIpc) is 2.78. The summed E-state index contributed by atoms with van der Waals surface area (Å²) in [6, 6.07) is 1.05. The number of hydrogen-bond donors (Lipinski definition) is 1. The van der Waals surface area contributed by atoms with Crippen LogP contribution in [0.5, 0.6) is 0 Å². The number of hydrogen-bond acceptors (Lipinski definition) is 2. The number of rotatable bonds is 3. The van der Waals surface area contributed by atoms with Gasteiger partial charge in [0.25, 0.3) is 0 Å². The molecule has 0 atom stereocenters. The molecule has 1 aromatic heterocycles. The summed E-state index contributed by atoms with van der Waals surface area (Å²) < 4.78 is 40.9. The van der Waals surface area contributed by atoms with E-state index in [9.17, 15) is 18.0 Å². The number of nitrogens with zero attached hydrogens (tertiary/aromatic N) is 2. The van der Waals surface area contributed by atoms with E-state index >= 15 is 0 Å². The zero-order valence-electron chi connectivity index (χ0n) is 10.7. The van der Waals surface area contributed by atoms with Crippen molar-refractivity contribution in [2.24, 2.45) is 0 Å². The largest absolute Gasteiger partial charge is 0.478 e. The van der Waals surface area contributed by atoms with Crippen molar-refractivity contribution in [3.63, 3.8) is 0 Å². The van der Waals surface area contributed by atoms with Gasteiger partial charge >= 0.3 is 5.97 Å². The number of halogens is 3. The molecule has 0 radical (unpaired) electrons. The van der Waals surface area contributed by atoms with E-state index in [-0.39, 0.29) is 22.9 Å². The first-order valence-electron chi connectivity index (χ1n) is 5.79. The Morgan fingerprint density at radius 1 is 1.20 bits per heavy atom. The average molecular weight is 284 g/mol. The van der Waals surface area contributed by atoms with Crippen molar-refractivity contribution in [2.45, 2.75) is 19.8 Å². The summed E-state index contributed by atoms with van der Waals surface area (Å²) in [5.41, 5.74) is -0.230. The lowest BCUT2D eigenvalue weighted by atomic mass is 10.1. The molecule has 0 amide bonds. The van der Waals surface area contributed by atoms with Gasteiger partial charge in [-0.1, -0.05) is 13.8 Å². The second-order valence-corrected chi connectivity index (χ2v) is 4.53. The molecule has 0 fully saturated rings. The van der Waals surface area contributed by atoms with Gasteiger partial charge < -0.3 is 5.11 Å². The minimum absolute atomic E-state index is 0.107. The molecule has 0 bridgehead atoms. The summed E-state index contributed by atoms with van der Waals surface area (Å²) in [5, 5.41) is 12.8. The lowest BCUT2D eigenvalue weighted by Gasteiger charge is -2.12. The zero-order chi connectivity index (χ0) is 15.0. The molecule has 0 aliphatic heterocycles. The Balaban J connectivity index is 2.70. The van der Waals surface area contributed by atoms with E-state index in [1.807, 2.05) is 0 Å². The Morgan fingerprint density at radius 3 is 2.35 bits per heavy atom. The van der Waals surface area contributed by atoms with Gasteiger partial charge in [0.2, 0.25) is 0 Å². The third kappa shape index (κ3) is 2.26. The Kier molecular flexibility index (Phi) is 3.52. The predicted octanol–water partition coefficient (Wildman–Crippen LogP) is 3.11. The number of carbonyl (C=O) groups is 1. The van der Waals surface area contributed by atoms with E-state index in [1.54, 1.807) is 13.8 Å². The van der Waals surface area contributed by atoms with Gasteiger partial charge in [0, 0.05) is 12.1 Å². The van der Waals surface area contributed by atoms with Crippen molar-refractivity contribution in [2.75, 3.05) is 0 Å². The summed E-state index contributed by atoms with van der Waals surface area (Å²) in [5.74, 6) is -5.09. The van der Waals surface area contributed by atoms with E-state index in [1.165, 1.54) is 0 Å². The van der Waals surface area contributed by atoms with Crippen LogP contribution in [0.1, 0.15) is 35.8 Å². The molecule has 0 aliphatic carbocycles. The van der Waals surface area contributed by atoms with Crippen molar-refractivity contribution in [3.05, 3.63) is 47.0 Å². The first kappa shape index (κ1) is 14.1. The molecule has 0 saturated carbocycles. The van der Waals surface area contributed by atoms with Gasteiger partial charge in [0.15, 0.2) is 17.5 Å². The van der Waals surface area contributed by atoms with Crippen LogP contribution in [-0.2, 0) is 0 Å². The normalized spacial score (nSPS) is 11.1. The number of carboxylic acid groups (broad SMARTS) is 1. The van der Waals surface area contributed by atoms with Gasteiger partial charge in [-0.25, -0.2) is 22.6 Å². The summed E-state index contributed by atoms with van der Waals surface area (Å²) in [6.45, 7) is 3.38. The Labute approximate surface area is 112 Å². The molecule has 1 N–H and O–H groups in total. The lowest BCUT2D eigenvalue weighted by molar-refractivity contribution is 0.0695. The molecule has 1 aromatic carbocycles. The molecule has 0 unspecified atom stereocenters. The summed E-state index contributed by atoms with van der Waals surface area (Å²) in [4.78, 5) is 11.1. The molecule has 0 aliphatic rings.